The highest BCUT2D eigenvalue weighted by Crippen LogP contribution is 2.69. The lowest BCUT2D eigenvalue weighted by Gasteiger charge is -2.60. The normalized spacial score (nSPS) is 60.1. The molecule has 0 aromatic rings. The Kier molecular flexibility index (Phi) is 4.44. The second-order valence-corrected chi connectivity index (χ2v) is 12.9. The van der Waals surface area contributed by atoms with E-state index < -0.39 is 0 Å². The maximum atomic E-state index is 11.8. The molecule has 12 atom stereocenters. The number of hydrogen-bond donors (Lipinski definition) is 2. The van der Waals surface area contributed by atoms with E-state index in [0.717, 1.165) is 49.5 Å². The van der Waals surface area contributed by atoms with E-state index in [1.807, 2.05) is 0 Å². The van der Waals surface area contributed by atoms with Gasteiger partial charge in [-0.1, -0.05) is 39.3 Å². The van der Waals surface area contributed by atoms with Gasteiger partial charge in [0.15, 0.2) is 0 Å². The Morgan fingerprint density at radius 1 is 1.00 bits per heavy atom. The van der Waals surface area contributed by atoms with Crippen LogP contribution in [0.2, 0.25) is 0 Å². The first-order valence-electron chi connectivity index (χ1n) is 13.1. The van der Waals surface area contributed by atoms with Crippen molar-refractivity contribution in [1.82, 2.24) is 4.90 Å². The van der Waals surface area contributed by atoms with Crippen molar-refractivity contribution in [3.63, 3.8) is 0 Å². The molecule has 0 aromatic carbocycles. The lowest BCUT2D eigenvalue weighted by atomic mass is 9.46. The first-order chi connectivity index (χ1) is 14.2. The quantitative estimate of drug-likeness (QED) is 0.569. The van der Waals surface area contributed by atoms with Gasteiger partial charge in [-0.3, -0.25) is 4.90 Å². The minimum Gasteiger partial charge on any atom is -0.393 e. The van der Waals surface area contributed by atoms with Crippen molar-refractivity contribution >= 4 is 0 Å². The van der Waals surface area contributed by atoms with Gasteiger partial charge in [0.25, 0.3) is 0 Å². The van der Waals surface area contributed by atoms with Crippen LogP contribution in [0.3, 0.4) is 0 Å². The fourth-order valence-corrected chi connectivity index (χ4v) is 10.3. The van der Waals surface area contributed by atoms with E-state index in [1.165, 1.54) is 37.8 Å². The van der Waals surface area contributed by atoms with Crippen LogP contribution in [-0.4, -0.2) is 45.9 Å². The molecule has 0 aromatic heterocycles. The number of aliphatic hydroxyl groups excluding tert-OH is 2. The standard InChI is InChI=1S/C27H43NO2/c1-15-5-8-22-16(2)25-23(28(22)14-15)12-21-19-7-6-17-11-18(29)9-10-26(17,3)20(19)13-24(30)27(21,25)4/h6,15-16,18-25,29-30H,5,7-14H2,1-4H3/t15-,16+,18-,19+,20+,21-,22+,23-,24-,25-,26-,27+/m0/s1. The van der Waals surface area contributed by atoms with Crippen molar-refractivity contribution in [3.05, 3.63) is 11.6 Å². The van der Waals surface area contributed by atoms with E-state index in [-0.39, 0.29) is 23.0 Å². The Labute approximate surface area is 183 Å². The number of piperidine rings is 1. The van der Waals surface area contributed by atoms with Crippen molar-refractivity contribution in [1.29, 1.82) is 0 Å². The van der Waals surface area contributed by atoms with E-state index in [9.17, 15) is 10.2 Å². The molecular weight excluding hydrogens is 370 g/mol. The molecule has 0 radical (unpaired) electrons. The fourth-order valence-electron chi connectivity index (χ4n) is 10.3. The molecule has 4 aliphatic carbocycles. The van der Waals surface area contributed by atoms with Crippen LogP contribution in [0.5, 0.6) is 0 Å². The van der Waals surface area contributed by atoms with Crippen LogP contribution in [0.1, 0.15) is 79.1 Å². The van der Waals surface area contributed by atoms with Crippen molar-refractivity contribution in [2.75, 3.05) is 6.54 Å². The second kappa shape index (κ2) is 6.58. The molecule has 0 spiro atoms. The molecule has 2 saturated heterocycles. The van der Waals surface area contributed by atoms with E-state index in [4.69, 9.17) is 0 Å². The number of aliphatic hydroxyl groups is 2. The third kappa shape index (κ3) is 2.44. The number of fused-ring (bicyclic) bond motifs is 9. The molecule has 6 rings (SSSR count). The van der Waals surface area contributed by atoms with E-state index in [0.29, 0.717) is 23.8 Å². The third-order valence-corrected chi connectivity index (χ3v) is 11.8. The van der Waals surface area contributed by atoms with Gasteiger partial charge in [-0.25, -0.2) is 0 Å². The Morgan fingerprint density at radius 3 is 2.60 bits per heavy atom. The molecule has 2 heterocycles. The molecule has 0 bridgehead atoms. The van der Waals surface area contributed by atoms with Gasteiger partial charge in [0.05, 0.1) is 12.2 Å². The number of rotatable bonds is 0. The molecule has 2 aliphatic heterocycles. The molecule has 5 fully saturated rings. The van der Waals surface area contributed by atoms with Crippen LogP contribution < -0.4 is 0 Å². The van der Waals surface area contributed by atoms with Gasteiger partial charge in [-0.15, -0.1) is 0 Å². The molecule has 168 valence electrons. The summed E-state index contributed by atoms with van der Waals surface area (Å²) >= 11 is 0. The van der Waals surface area contributed by atoms with E-state index in [2.05, 4.69) is 38.7 Å². The maximum Gasteiger partial charge on any atom is 0.0603 e. The van der Waals surface area contributed by atoms with Crippen LogP contribution in [0.25, 0.3) is 0 Å². The monoisotopic (exact) mass is 413 g/mol. The highest BCUT2D eigenvalue weighted by molar-refractivity contribution is 5.27. The average Bonchev–Trinajstić information content (AvgIpc) is 3.17. The molecule has 6 aliphatic rings. The zero-order valence-electron chi connectivity index (χ0n) is 19.6. The maximum absolute atomic E-state index is 11.8. The summed E-state index contributed by atoms with van der Waals surface area (Å²) in [5, 5.41) is 22.1. The van der Waals surface area contributed by atoms with Crippen LogP contribution in [-0.2, 0) is 0 Å². The molecule has 0 amide bonds. The van der Waals surface area contributed by atoms with Crippen molar-refractivity contribution in [3.8, 4) is 0 Å². The average molecular weight is 414 g/mol. The molecule has 3 nitrogen and oxygen atoms in total. The van der Waals surface area contributed by atoms with Gasteiger partial charge in [0.1, 0.15) is 0 Å². The third-order valence-electron chi connectivity index (χ3n) is 11.8. The van der Waals surface area contributed by atoms with Crippen molar-refractivity contribution in [2.24, 2.45) is 46.3 Å². The van der Waals surface area contributed by atoms with Crippen molar-refractivity contribution < 1.29 is 10.2 Å². The van der Waals surface area contributed by atoms with Crippen molar-refractivity contribution in [2.45, 2.75) is 103 Å². The zero-order chi connectivity index (χ0) is 21.0. The summed E-state index contributed by atoms with van der Waals surface area (Å²) < 4.78 is 0. The van der Waals surface area contributed by atoms with E-state index in [1.54, 1.807) is 0 Å². The van der Waals surface area contributed by atoms with Crippen LogP contribution in [0, 0.1) is 46.3 Å². The molecule has 3 heteroatoms. The van der Waals surface area contributed by atoms with Crippen LogP contribution in [0.15, 0.2) is 11.6 Å². The molecule has 0 unspecified atom stereocenters. The summed E-state index contributed by atoms with van der Waals surface area (Å²) in [5.41, 5.74) is 1.80. The molecule has 2 N–H and O–H groups in total. The highest BCUT2D eigenvalue weighted by Gasteiger charge is 2.69. The zero-order valence-corrected chi connectivity index (χ0v) is 19.6. The van der Waals surface area contributed by atoms with Crippen LogP contribution in [0.4, 0.5) is 0 Å². The van der Waals surface area contributed by atoms with Crippen LogP contribution >= 0.6 is 0 Å². The second-order valence-electron chi connectivity index (χ2n) is 12.9. The van der Waals surface area contributed by atoms with E-state index >= 15 is 0 Å². The largest absolute Gasteiger partial charge is 0.393 e. The Morgan fingerprint density at radius 2 is 1.80 bits per heavy atom. The minimum atomic E-state index is -0.164. The summed E-state index contributed by atoms with van der Waals surface area (Å²) in [4.78, 5) is 2.91. The lowest BCUT2D eigenvalue weighted by Crippen LogP contribution is -2.57. The number of nitrogens with zero attached hydrogens (tertiary/aromatic N) is 1. The highest BCUT2D eigenvalue weighted by atomic mass is 16.3. The number of hydrogen-bond acceptors (Lipinski definition) is 3. The fraction of sp³-hybridized carbons (Fsp3) is 0.926. The predicted octanol–water partition coefficient (Wildman–Crippen LogP) is 4.63. The van der Waals surface area contributed by atoms with Gasteiger partial charge in [0, 0.05) is 24.0 Å². The summed E-state index contributed by atoms with van der Waals surface area (Å²) in [5.74, 6) is 4.19. The number of allylic oxidation sites excluding steroid dienone is 1. The Hall–Kier alpha value is -0.380. The van der Waals surface area contributed by atoms with Gasteiger partial charge in [-0.05, 0) is 92.3 Å². The lowest BCUT2D eigenvalue weighted by molar-refractivity contribution is -0.135. The summed E-state index contributed by atoms with van der Waals surface area (Å²) in [6, 6.07) is 1.46. The van der Waals surface area contributed by atoms with Gasteiger partial charge in [0.2, 0.25) is 0 Å². The van der Waals surface area contributed by atoms with Gasteiger partial charge >= 0.3 is 0 Å². The summed E-state index contributed by atoms with van der Waals surface area (Å²) in [6.45, 7) is 11.2. The Balaban J connectivity index is 1.36. The van der Waals surface area contributed by atoms with Gasteiger partial charge in [-0.2, -0.15) is 0 Å². The predicted molar refractivity (Wildman–Crippen MR) is 120 cm³/mol. The summed E-state index contributed by atoms with van der Waals surface area (Å²) in [6.07, 6.45) is 11.4. The molecule has 30 heavy (non-hydrogen) atoms. The SMILES string of the molecule is C[C@H]1CC[C@@H]2[C@@H](C)[C@H]3[C@H](C[C@H]4[C@@H]5CC=C6C[C@@H](O)CC[C@]6(C)[C@@H]5C[C@H](O)[C@]34C)N2C1. The summed E-state index contributed by atoms with van der Waals surface area (Å²) in [7, 11) is 0. The topological polar surface area (TPSA) is 43.7 Å². The molecule has 3 saturated carbocycles. The smallest absolute Gasteiger partial charge is 0.0603 e. The Bertz CT molecular complexity index is 749. The minimum absolute atomic E-state index is 0.0850. The first-order valence-corrected chi connectivity index (χ1v) is 13.1. The first kappa shape index (κ1) is 20.2. The van der Waals surface area contributed by atoms with Gasteiger partial charge < -0.3 is 10.2 Å². The molecular formula is C27H43NO2.